The first-order valence-corrected chi connectivity index (χ1v) is 9.02. The summed E-state index contributed by atoms with van der Waals surface area (Å²) in [6.07, 6.45) is 3.91. The molecule has 4 rings (SSSR count). The molecule has 3 heterocycles. The molecule has 2 N–H and O–H groups in total. The van der Waals surface area contributed by atoms with Gasteiger partial charge in [0.2, 0.25) is 5.91 Å². The second-order valence-electron chi connectivity index (χ2n) is 6.75. The number of hydrogen-bond donors (Lipinski definition) is 2. The Labute approximate surface area is 150 Å². The van der Waals surface area contributed by atoms with Crippen LogP contribution in [0, 0.1) is 0 Å². The van der Waals surface area contributed by atoms with Gasteiger partial charge in [0.25, 0.3) is 0 Å². The zero-order chi connectivity index (χ0) is 18.1. The summed E-state index contributed by atoms with van der Waals surface area (Å²) in [4.78, 5) is 32.5. The van der Waals surface area contributed by atoms with Gasteiger partial charge in [-0.25, -0.2) is 14.5 Å². The van der Waals surface area contributed by atoms with Gasteiger partial charge in [0.05, 0.1) is 17.1 Å². The van der Waals surface area contributed by atoms with Crippen molar-refractivity contribution in [3.05, 3.63) is 46.4 Å². The van der Waals surface area contributed by atoms with E-state index in [2.05, 4.69) is 20.4 Å². The molecule has 1 amide bonds. The van der Waals surface area contributed by atoms with Crippen LogP contribution in [0.1, 0.15) is 43.9 Å². The lowest BCUT2D eigenvalue weighted by Gasteiger charge is -2.11. The Morgan fingerprint density at radius 2 is 2.15 bits per heavy atom. The number of hydrogen-bond acceptors (Lipinski definition) is 4. The summed E-state index contributed by atoms with van der Waals surface area (Å²) in [5, 5.41) is 7.23. The number of amides is 1. The number of aromatic nitrogens is 5. The topological polar surface area (TPSA) is 97.6 Å². The second kappa shape index (κ2) is 6.78. The van der Waals surface area contributed by atoms with Gasteiger partial charge in [0.15, 0.2) is 0 Å². The van der Waals surface area contributed by atoms with Gasteiger partial charge in [0, 0.05) is 13.0 Å². The van der Waals surface area contributed by atoms with E-state index in [1.54, 1.807) is 4.57 Å². The van der Waals surface area contributed by atoms with E-state index in [0.717, 1.165) is 42.5 Å². The van der Waals surface area contributed by atoms with Gasteiger partial charge in [0.1, 0.15) is 18.2 Å². The number of benzene rings is 1. The molecule has 2 aromatic heterocycles. The SMILES string of the molecule is CC(NC(=O)Cn1nc2n(c1=O)CCCCC2)c1nc2ccccc2[nH]1. The molecule has 8 nitrogen and oxygen atoms in total. The highest BCUT2D eigenvalue weighted by Crippen LogP contribution is 2.15. The van der Waals surface area contributed by atoms with Crippen LogP contribution in [0.15, 0.2) is 29.1 Å². The zero-order valence-corrected chi connectivity index (χ0v) is 14.7. The minimum absolute atomic E-state index is 0.0800. The van der Waals surface area contributed by atoms with E-state index in [9.17, 15) is 9.59 Å². The van der Waals surface area contributed by atoms with Gasteiger partial charge in [-0.2, -0.15) is 5.10 Å². The van der Waals surface area contributed by atoms with Crippen molar-refractivity contribution in [3.8, 4) is 0 Å². The zero-order valence-electron chi connectivity index (χ0n) is 14.7. The molecule has 136 valence electrons. The summed E-state index contributed by atoms with van der Waals surface area (Å²) in [7, 11) is 0. The maximum Gasteiger partial charge on any atom is 0.346 e. The summed E-state index contributed by atoms with van der Waals surface area (Å²) >= 11 is 0. The lowest BCUT2D eigenvalue weighted by Crippen LogP contribution is -2.35. The molecule has 0 bridgehead atoms. The van der Waals surface area contributed by atoms with Gasteiger partial charge in [-0.3, -0.25) is 9.36 Å². The Balaban J connectivity index is 1.46. The molecule has 0 radical (unpaired) electrons. The minimum atomic E-state index is -0.286. The Kier molecular flexibility index (Phi) is 4.32. The Bertz CT molecular complexity index is 966. The molecule has 3 aromatic rings. The van der Waals surface area contributed by atoms with E-state index in [4.69, 9.17) is 0 Å². The standard InChI is InChI=1S/C18H22N6O2/c1-12(17-20-13-7-4-5-8-14(13)21-17)19-16(25)11-24-18(26)23-10-6-2-3-9-15(23)22-24/h4-5,7-8,12H,2-3,6,9-11H2,1H3,(H,19,25)(H,20,21). The largest absolute Gasteiger partial charge is 0.346 e. The van der Waals surface area contributed by atoms with Crippen molar-refractivity contribution in [2.45, 2.75) is 51.7 Å². The quantitative estimate of drug-likeness (QED) is 0.742. The number of nitrogens with one attached hydrogen (secondary N) is 2. The molecule has 26 heavy (non-hydrogen) atoms. The number of carbonyl (C=O) groups excluding carboxylic acids is 1. The van der Waals surface area contributed by atoms with Crippen LogP contribution in [-0.4, -0.2) is 30.2 Å². The van der Waals surface area contributed by atoms with E-state index >= 15 is 0 Å². The molecule has 0 spiro atoms. The third-order valence-electron chi connectivity index (χ3n) is 4.77. The first kappa shape index (κ1) is 16.6. The third kappa shape index (κ3) is 3.14. The van der Waals surface area contributed by atoms with Crippen molar-refractivity contribution in [2.24, 2.45) is 0 Å². The highest BCUT2D eigenvalue weighted by atomic mass is 16.2. The normalized spacial score (nSPS) is 15.4. The van der Waals surface area contributed by atoms with Crippen molar-refractivity contribution < 1.29 is 4.79 Å². The summed E-state index contributed by atoms with van der Waals surface area (Å²) < 4.78 is 2.96. The lowest BCUT2D eigenvalue weighted by atomic mass is 10.2. The fourth-order valence-corrected chi connectivity index (χ4v) is 3.40. The number of rotatable bonds is 4. The Morgan fingerprint density at radius 3 is 3.00 bits per heavy atom. The molecule has 0 aliphatic carbocycles. The molecular weight excluding hydrogens is 332 g/mol. The van der Waals surface area contributed by atoms with Gasteiger partial charge < -0.3 is 10.3 Å². The summed E-state index contributed by atoms with van der Waals surface area (Å²) in [6.45, 7) is 2.47. The summed E-state index contributed by atoms with van der Waals surface area (Å²) in [5.41, 5.74) is 1.59. The van der Waals surface area contributed by atoms with Crippen molar-refractivity contribution in [3.63, 3.8) is 0 Å². The van der Waals surface area contributed by atoms with Crippen LogP contribution in [0.5, 0.6) is 0 Å². The predicted octanol–water partition coefficient (Wildman–Crippen LogP) is 1.52. The van der Waals surface area contributed by atoms with Crippen LogP contribution >= 0.6 is 0 Å². The molecule has 0 saturated heterocycles. The first-order valence-electron chi connectivity index (χ1n) is 9.02. The van der Waals surface area contributed by atoms with E-state index < -0.39 is 0 Å². The Hall–Kier alpha value is -2.90. The molecule has 8 heteroatoms. The molecule has 1 atom stereocenters. The van der Waals surface area contributed by atoms with Crippen LogP contribution in [-0.2, 0) is 24.3 Å². The van der Waals surface area contributed by atoms with Crippen LogP contribution in [0.3, 0.4) is 0 Å². The van der Waals surface area contributed by atoms with Gasteiger partial charge >= 0.3 is 5.69 Å². The van der Waals surface area contributed by atoms with Crippen LogP contribution in [0.4, 0.5) is 0 Å². The highest BCUT2D eigenvalue weighted by molar-refractivity contribution is 5.77. The Morgan fingerprint density at radius 1 is 1.31 bits per heavy atom. The van der Waals surface area contributed by atoms with E-state index in [1.807, 2.05) is 31.2 Å². The highest BCUT2D eigenvalue weighted by Gasteiger charge is 2.19. The van der Waals surface area contributed by atoms with E-state index in [1.165, 1.54) is 4.68 Å². The number of imidazole rings is 1. The molecule has 1 unspecified atom stereocenters. The summed E-state index contributed by atoms with van der Waals surface area (Å²) in [6, 6.07) is 7.43. The molecular formula is C18H22N6O2. The smallest absolute Gasteiger partial charge is 0.345 e. The molecule has 1 aromatic carbocycles. The van der Waals surface area contributed by atoms with Gasteiger partial charge in [-0.15, -0.1) is 0 Å². The summed E-state index contributed by atoms with van der Waals surface area (Å²) in [5.74, 6) is 1.21. The maximum atomic E-state index is 12.4. The number of aryl methyl sites for hydroxylation is 1. The predicted molar refractivity (Wildman–Crippen MR) is 96.7 cm³/mol. The van der Waals surface area contributed by atoms with Crippen LogP contribution < -0.4 is 11.0 Å². The second-order valence-corrected chi connectivity index (χ2v) is 6.75. The molecule has 1 aliphatic heterocycles. The van der Waals surface area contributed by atoms with Crippen molar-refractivity contribution in [2.75, 3.05) is 0 Å². The van der Waals surface area contributed by atoms with Crippen molar-refractivity contribution in [1.82, 2.24) is 29.6 Å². The molecule has 0 saturated carbocycles. The van der Waals surface area contributed by atoms with Crippen molar-refractivity contribution in [1.29, 1.82) is 0 Å². The average Bonchev–Trinajstić information content (AvgIpc) is 3.09. The maximum absolute atomic E-state index is 12.4. The average molecular weight is 354 g/mol. The van der Waals surface area contributed by atoms with Gasteiger partial charge in [-0.05, 0) is 31.9 Å². The number of aromatic amines is 1. The number of para-hydroxylation sites is 2. The van der Waals surface area contributed by atoms with E-state index in [0.29, 0.717) is 12.4 Å². The number of carbonyl (C=O) groups is 1. The number of nitrogens with zero attached hydrogens (tertiary/aromatic N) is 4. The molecule has 1 aliphatic rings. The number of fused-ring (bicyclic) bond motifs is 2. The molecule has 0 fully saturated rings. The third-order valence-corrected chi connectivity index (χ3v) is 4.77. The number of H-pyrrole nitrogens is 1. The van der Waals surface area contributed by atoms with Crippen LogP contribution in [0.25, 0.3) is 11.0 Å². The lowest BCUT2D eigenvalue weighted by molar-refractivity contribution is -0.122. The van der Waals surface area contributed by atoms with Crippen molar-refractivity contribution >= 4 is 16.9 Å². The van der Waals surface area contributed by atoms with Crippen LogP contribution in [0.2, 0.25) is 0 Å². The monoisotopic (exact) mass is 354 g/mol. The van der Waals surface area contributed by atoms with E-state index in [-0.39, 0.29) is 24.2 Å². The minimum Gasteiger partial charge on any atom is -0.345 e. The fourth-order valence-electron chi connectivity index (χ4n) is 3.40. The van der Waals surface area contributed by atoms with Gasteiger partial charge in [-0.1, -0.05) is 18.6 Å². The fraction of sp³-hybridized carbons (Fsp3) is 0.444. The first-order chi connectivity index (χ1) is 12.6.